The van der Waals surface area contributed by atoms with Gasteiger partial charge < -0.3 is 4.90 Å². The van der Waals surface area contributed by atoms with Crippen molar-refractivity contribution in [1.82, 2.24) is 0 Å². The Balaban J connectivity index is 2.05. The number of anilines is 1. The van der Waals surface area contributed by atoms with Gasteiger partial charge in [-0.05, 0) is 12.1 Å². The average molecular weight is 387 g/mol. The molecule has 5 nitrogen and oxygen atoms in total. The highest BCUT2D eigenvalue weighted by Gasteiger charge is 2.50. The smallest absolute Gasteiger partial charge is 0.253 e. The van der Waals surface area contributed by atoms with E-state index in [1.807, 2.05) is 43.9 Å². The molecule has 0 radical (unpaired) electrons. The van der Waals surface area contributed by atoms with Crippen molar-refractivity contribution in [3.05, 3.63) is 29.3 Å². The maximum atomic E-state index is 12.4. The van der Waals surface area contributed by atoms with Crippen LogP contribution < -0.4 is 4.90 Å². The Morgan fingerprint density at radius 3 is 2.58 bits per heavy atom. The van der Waals surface area contributed by atoms with E-state index >= 15 is 0 Å². The van der Waals surface area contributed by atoms with E-state index in [0.29, 0.717) is 15.9 Å². The van der Waals surface area contributed by atoms with E-state index in [0.717, 1.165) is 0 Å². The number of carbonyl (C=O) groups excluding carboxylic acids is 1. The molecule has 2 heterocycles. The second kappa shape index (κ2) is 6.04. The summed E-state index contributed by atoms with van der Waals surface area (Å²) in [6.07, 6.45) is 0. The van der Waals surface area contributed by atoms with E-state index < -0.39 is 15.3 Å². The molecule has 2 saturated heterocycles. The van der Waals surface area contributed by atoms with Gasteiger partial charge in [0.25, 0.3) is 5.91 Å². The fourth-order valence-electron chi connectivity index (χ4n) is 2.75. The van der Waals surface area contributed by atoms with Gasteiger partial charge in [-0.2, -0.15) is 4.99 Å². The number of para-hydroxylation sites is 1. The number of aliphatic imine (C=N–C) groups is 1. The number of sulfone groups is 1. The Morgan fingerprint density at radius 1 is 1.29 bits per heavy atom. The number of hydrogen-bond donors (Lipinski definition) is 0. The highest BCUT2D eigenvalue weighted by atomic mass is 35.5. The van der Waals surface area contributed by atoms with Crippen molar-refractivity contribution >= 4 is 50.0 Å². The van der Waals surface area contributed by atoms with Crippen LogP contribution >= 0.6 is 23.4 Å². The van der Waals surface area contributed by atoms with E-state index in [1.165, 1.54) is 11.8 Å². The molecule has 0 bridgehead atoms. The van der Waals surface area contributed by atoms with Gasteiger partial charge in [-0.15, -0.1) is 0 Å². The molecule has 3 rings (SSSR count). The van der Waals surface area contributed by atoms with Gasteiger partial charge in [0, 0.05) is 10.7 Å². The molecule has 1 aromatic rings. The maximum absolute atomic E-state index is 12.4. The number of rotatable bonds is 1. The number of fused-ring (bicyclic) bond motifs is 1. The number of carbonyl (C=O) groups is 1. The molecule has 8 heteroatoms. The third-order valence-corrected chi connectivity index (χ3v) is 7.55. The van der Waals surface area contributed by atoms with Crippen molar-refractivity contribution in [3.63, 3.8) is 0 Å². The van der Waals surface area contributed by atoms with Gasteiger partial charge in [-0.3, -0.25) is 4.79 Å². The van der Waals surface area contributed by atoms with Crippen molar-refractivity contribution in [2.24, 2.45) is 10.4 Å². The Bertz CT molecular complexity index is 815. The Labute approximate surface area is 151 Å². The van der Waals surface area contributed by atoms with E-state index in [1.54, 1.807) is 6.07 Å². The molecule has 0 N–H and O–H groups in total. The first-order valence-electron chi connectivity index (χ1n) is 7.62. The normalized spacial score (nSPS) is 27.5. The number of benzene rings is 1. The van der Waals surface area contributed by atoms with Gasteiger partial charge in [0.2, 0.25) is 0 Å². The Kier molecular flexibility index (Phi) is 4.47. The predicted molar refractivity (Wildman–Crippen MR) is 99.6 cm³/mol. The zero-order valence-electron chi connectivity index (χ0n) is 13.7. The van der Waals surface area contributed by atoms with Crippen molar-refractivity contribution in [2.75, 3.05) is 16.4 Å². The van der Waals surface area contributed by atoms with Gasteiger partial charge in [0.1, 0.15) is 0 Å². The van der Waals surface area contributed by atoms with Gasteiger partial charge in [0.15, 0.2) is 15.0 Å². The highest BCUT2D eigenvalue weighted by molar-refractivity contribution is 8.16. The summed E-state index contributed by atoms with van der Waals surface area (Å²) in [6.45, 7) is 5.43. The number of amides is 1. The van der Waals surface area contributed by atoms with Crippen LogP contribution in [0.3, 0.4) is 0 Å². The second-order valence-corrected chi connectivity index (χ2v) is 10.8. The van der Waals surface area contributed by atoms with Crippen molar-refractivity contribution in [3.8, 4) is 0 Å². The Hall–Kier alpha value is -1.05. The van der Waals surface area contributed by atoms with Crippen LogP contribution in [0.5, 0.6) is 0 Å². The van der Waals surface area contributed by atoms with Gasteiger partial charge >= 0.3 is 0 Å². The molecule has 1 aromatic carbocycles. The molecule has 1 amide bonds. The summed E-state index contributed by atoms with van der Waals surface area (Å²) in [5, 5.41) is 0.921. The quantitative estimate of drug-likeness (QED) is 0.742. The summed E-state index contributed by atoms with van der Waals surface area (Å²) in [4.78, 5) is 18.5. The molecule has 0 aliphatic carbocycles. The molecule has 0 saturated carbocycles. The number of halogens is 1. The third kappa shape index (κ3) is 3.34. The number of nitrogens with zero attached hydrogens (tertiary/aromatic N) is 2. The number of thioether (sulfide) groups is 1. The van der Waals surface area contributed by atoms with Crippen LogP contribution in [-0.4, -0.2) is 42.3 Å². The van der Waals surface area contributed by atoms with E-state index in [9.17, 15) is 13.2 Å². The fourth-order valence-corrected chi connectivity index (χ4v) is 6.88. The molecule has 0 spiro atoms. The SMILES string of the molecule is CC(C)(C)C(=O)N=C1S[C@@H]2CS(=O)(=O)C[C@@H]2N1c1ccccc1Cl. The highest BCUT2D eigenvalue weighted by Crippen LogP contribution is 2.43. The monoisotopic (exact) mass is 386 g/mol. The molecule has 24 heavy (non-hydrogen) atoms. The Morgan fingerprint density at radius 2 is 1.96 bits per heavy atom. The van der Waals surface area contributed by atoms with Crippen LogP contribution in [0.1, 0.15) is 20.8 Å². The van der Waals surface area contributed by atoms with Crippen LogP contribution in [0.25, 0.3) is 0 Å². The molecule has 0 unspecified atom stereocenters. The van der Waals surface area contributed by atoms with E-state index in [-0.39, 0.29) is 28.7 Å². The number of hydrogen-bond acceptors (Lipinski definition) is 4. The lowest BCUT2D eigenvalue weighted by molar-refractivity contribution is -0.124. The summed E-state index contributed by atoms with van der Waals surface area (Å²) in [6, 6.07) is 6.99. The summed E-state index contributed by atoms with van der Waals surface area (Å²) < 4.78 is 24.0. The molecule has 0 aromatic heterocycles. The van der Waals surface area contributed by atoms with Crippen molar-refractivity contribution in [1.29, 1.82) is 0 Å². The molecule has 2 aliphatic rings. The minimum atomic E-state index is -3.09. The summed E-state index contributed by atoms with van der Waals surface area (Å²) in [5.74, 6) is -0.0742. The molecule has 130 valence electrons. The first-order valence-corrected chi connectivity index (χ1v) is 10.7. The topological polar surface area (TPSA) is 66.8 Å². The lowest BCUT2D eigenvalue weighted by Crippen LogP contribution is -2.38. The molecular weight excluding hydrogens is 368 g/mol. The molecular formula is C16H19ClN2O3S2. The zero-order chi connectivity index (χ0) is 17.7. The lowest BCUT2D eigenvalue weighted by Gasteiger charge is -2.26. The van der Waals surface area contributed by atoms with E-state index in [4.69, 9.17) is 11.6 Å². The standard InChI is InChI=1S/C16H19ClN2O3S2/c1-16(2,3)14(20)18-15-19(11-7-5-4-6-10(11)17)12-8-24(21,22)9-13(12)23-15/h4-7,12-13H,8-9H2,1-3H3/t12-,13+/m0/s1. The summed E-state index contributed by atoms with van der Waals surface area (Å²) >= 11 is 7.67. The largest absolute Gasteiger partial charge is 0.314 e. The second-order valence-electron chi connectivity index (χ2n) is 7.07. The number of amidine groups is 1. The van der Waals surface area contributed by atoms with Gasteiger partial charge in [-0.25, -0.2) is 8.42 Å². The van der Waals surface area contributed by atoms with Crippen LogP contribution in [0.4, 0.5) is 5.69 Å². The van der Waals surface area contributed by atoms with Crippen molar-refractivity contribution < 1.29 is 13.2 Å². The van der Waals surface area contributed by atoms with Crippen LogP contribution in [0.15, 0.2) is 29.3 Å². The van der Waals surface area contributed by atoms with Crippen LogP contribution in [-0.2, 0) is 14.6 Å². The first kappa shape index (κ1) is 17.8. The zero-order valence-corrected chi connectivity index (χ0v) is 16.1. The van der Waals surface area contributed by atoms with Gasteiger partial charge in [0.05, 0.1) is 28.3 Å². The summed E-state index contributed by atoms with van der Waals surface area (Å²) in [7, 11) is -3.09. The third-order valence-electron chi connectivity index (χ3n) is 4.02. The molecule has 2 fully saturated rings. The van der Waals surface area contributed by atoms with Gasteiger partial charge in [-0.1, -0.05) is 56.3 Å². The maximum Gasteiger partial charge on any atom is 0.253 e. The fraction of sp³-hybridized carbons (Fsp3) is 0.500. The lowest BCUT2D eigenvalue weighted by atomic mass is 9.96. The summed E-state index contributed by atoms with van der Waals surface area (Å²) in [5.41, 5.74) is 0.0977. The molecule has 2 aliphatic heterocycles. The van der Waals surface area contributed by atoms with Crippen LogP contribution in [0.2, 0.25) is 5.02 Å². The molecule has 2 atom stereocenters. The first-order chi connectivity index (χ1) is 11.1. The minimum absolute atomic E-state index is 0.0542. The van der Waals surface area contributed by atoms with E-state index in [2.05, 4.69) is 4.99 Å². The van der Waals surface area contributed by atoms with Crippen LogP contribution in [0, 0.1) is 5.41 Å². The van der Waals surface area contributed by atoms with Crippen molar-refractivity contribution in [2.45, 2.75) is 32.1 Å². The minimum Gasteiger partial charge on any atom is -0.314 e. The average Bonchev–Trinajstić information content (AvgIpc) is 2.90. The predicted octanol–water partition coefficient (Wildman–Crippen LogP) is 2.99.